The number of nitrogens with one attached hydrogen (secondary N) is 2. The van der Waals surface area contributed by atoms with Crippen LogP contribution in [0, 0.1) is 6.92 Å². The summed E-state index contributed by atoms with van der Waals surface area (Å²) in [6.45, 7) is 5.24. The van der Waals surface area contributed by atoms with Crippen molar-refractivity contribution >= 4 is 15.7 Å². The van der Waals surface area contributed by atoms with E-state index in [4.69, 9.17) is 0 Å². The Morgan fingerprint density at radius 2 is 1.81 bits per heavy atom. The fourth-order valence-corrected chi connectivity index (χ4v) is 3.38. The third-order valence-corrected chi connectivity index (χ3v) is 4.58. The van der Waals surface area contributed by atoms with E-state index in [1.807, 2.05) is 44.2 Å². The maximum Gasteiger partial charge on any atom is 0.262 e. The van der Waals surface area contributed by atoms with Gasteiger partial charge in [-0.25, -0.2) is 8.42 Å². The molecule has 2 aromatic carbocycles. The van der Waals surface area contributed by atoms with Crippen molar-refractivity contribution in [2.45, 2.75) is 25.3 Å². The summed E-state index contributed by atoms with van der Waals surface area (Å²) in [7, 11) is -3.58. The summed E-state index contributed by atoms with van der Waals surface area (Å²) >= 11 is 0. The number of benzene rings is 2. The van der Waals surface area contributed by atoms with Gasteiger partial charge < -0.3 is 5.32 Å². The van der Waals surface area contributed by atoms with Crippen LogP contribution >= 0.6 is 0 Å². The molecule has 2 rings (SSSR count). The molecule has 0 aromatic heterocycles. The first-order valence-corrected chi connectivity index (χ1v) is 8.39. The highest BCUT2D eigenvalue weighted by Crippen LogP contribution is 2.20. The molecule has 21 heavy (non-hydrogen) atoms. The van der Waals surface area contributed by atoms with E-state index < -0.39 is 10.0 Å². The maximum absolute atomic E-state index is 12.6. The lowest BCUT2D eigenvalue weighted by atomic mass is 10.2. The van der Waals surface area contributed by atoms with E-state index in [1.165, 1.54) is 0 Å². The van der Waals surface area contributed by atoms with Gasteiger partial charge in [-0.1, -0.05) is 37.3 Å². The predicted molar refractivity (Wildman–Crippen MR) is 85.8 cm³/mol. The molecule has 2 aromatic rings. The summed E-state index contributed by atoms with van der Waals surface area (Å²) in [6.07, 6.45) is 0. The fourth-order valence-electron chi connectivity index (χ4n) is 2.09. The molecule has 0 spiro atoms. The second kappa shape index (κ2) is 6.74. The van der Waals surface area contributed by atoms with E-state index in [0.29, 0.717) is 17.1 Å². The molecule has 0 aliphatic carbocycles. The zero-order valence-corrected chi connectivity index (χ0v) is 13.1. The molecule has 0 atom stereocenters. The van der Waals surface area contributed by atoms with Gasteiger partial charge in [-0.05, 0) is 42.8 Å². The third kappa shape index (κ3) is 4.06. The molecule has 0 radical (unpaired) electrons. The molecule has 0 fully saturated rings. The van der Waals surface area contributed by atoms with Crippen molar-refractivity contribution in [2.75, 3.05) is 11.3 Å². The van der Waals surface area contributed by atoms with E-state index in [1.54, 1.807) is 18.2 Å². The number of sulfonamides is 1. The van der Waals surface area contributed by atoms with E-state index in [9.17, 15) is 8.42 Å². The Kier molecular flexibility index (Phi) is 4.98. The van der Waals surface area contributed by atoms with Crippen LogP contribution in [-0.4, -0.2) is 15.0 Å². The second-order valence-electron chi connectivity index (χ2n) is 4.86. The van der Waals surface area contributed by atoms with Crippen molar-refractivity contribution in [2.24, 2.45) is 0 Å². The molecular weight excluding hydrogens is 284 g/mol. The van der Waals surface area contributed by atoms with Crippen molar-refractivity contribution in [3.05, 3.63) is 59.7 Å². The lowest BCUT2D eigenvalue weighted by molar-refractivity contribution is 0.598. The van der Waals surface area contributed by atoms with Crippen LogP contribution in [0.3, 0.4) is 0 Å². The molecule has 0 heterocycles. The number of hydrogen-bond donors (Lipinski definition) is 2. The van der Waals surface area contributed by atoms with Gasteiger partial charge in [0.2, 0.25) is 0 Å². The zero-order valence-electron chi connectivity index (χ0n) is 12.3. The topological polar surface area (TPSA) is 58.2 Å². The Balaban J connectivity index is 2.31. The number of aryl methyl sites for hydroxylation is 1. The minimum absolute atomic E-state index is 0.312. The van der Waals surface area contributed by atoms with Gasteiger partial charge in [-0.3, -0.25) is 4.72 Å². The van der Waals surface area contributed by atoms with Gasteiger partial charge in [0, 0.05) is 12.2 Å². The van der Waals surface area contributed by atoms with Crippen molar-refractivity contribution in [1.82, 2.24) is 5.32 Å². The van der Waals surface area contributed by atoms with E-state index in [0.717, 1.165) is 17.7 Å². The molecule has 112 valence electrons. The molecule has 4 nitrogen and oxygen atoms in total. The van der Waals surface area contributed by atoms with E-state index in [-0.39, 0.29) is 0 Å². The fraction of sp³-hybridized carbons (Fsp3) is 0.250. The summed E-state index contributed by atoms with van der Waals surface area (Å²) in [6, 6.07) is 14.4. The van der Waals surface area contributed by atoms with Crippen LogP contribution < -0.4 is 10.0 Å². The first-order valence-electron chi connectivity index (χ1n) is 6.91. The minimum atomic E-state index is -3.58. The minimum Gasteiger partial charge on any atom is -0.313 e. The molecule has 0 unspecified atom stereocenters. The van der Waals surface area contributed by atoms with Crippen LogP contribution in [0.25, 0.3) is 0 Å². The van der Waals surface area contributed by atoms with E-state index in [2.05, 4.69) is 10.0 Å². The van der Waals surface area contributed by atoms with Crippen LogP contribution in [0.2, 0.25) is 0 Å². The third-order valence-electron chi connectivity index (χ3n) is 3.10. The second-order valence-corrected chi connectivity index (χ2v) is 6.51. The highest BCUT2D eigenvalue weighted by Gasteiger charge is 2.17. The smallest absolute Gasteiger partial charge is 0.262 e. The monoisotopic (exact) mass is 304 g/mol. The van der Waals surface area contributed by atoms with Crippen LogP contribution in [0.15, 0.2) is 53.4 Å². The van der Waals surface area contributed by atoms with Crippen LogP contribution in [0.1, 0.15) is 18.1 Å². The van der Waals surface area contributed by atoms with Crippen LogP contribution in [-0.2, 0) is 16.6 Å². The quantitative estimate of drug-likeness (QED) is 0.862. The highest BCUT2D eigenvalue weighted by molar-refractivity contribution is 7.92. The largest absolute Gasteiger partial charge is 0.313 e. The summed E-state index contributed by atoms with van der Waals surface area (Å²) in [5.74, 6) is 0. The summed E-state index contributed by atoms with van der Waals surface area (Å²) in [4.78, 5) is 0.312. The van der Waals surface area contributed by atoms with Gasteiger partial charge >= 0.3 is 0 Å². The first-order chi connectivity index (χ1) is 10.0. The molecule has 0 amide bonds. The summed E-state index contributed by atoms with van der Waals surface area (Å²) in [5.41, 5.74) is 2.35. The Morgan fingerprint density at radius 1 is 1.05 bits per heavy atom. The normalized spacial score (nSPS) is 11.3. The number of hydrogen-bond acceptors (Lipinski definition) is 3. The molecule has 0 saturated heterocycles. The summed E-state index contributed by atoms with van der Waals surface area (Å²) in [5, 5.41) is 3.16. The van der Waals surface area contributed by atoms with Crippen molar-refractivity contribution in [3.8, 4) is 0 Å². The van der Waals surface area contributed by atoms with Gasteiger partial charge in [0.1, 0.15) is 0 Å². The standard InChI is InChI=1S/C16H20N2O2S/c1-3-17-12-14-8-4-5-10-16(14)21(19,20)18-15-9-6-7-13(2)11-15/h4-11,17-18H,3,12H2,1-2H3. The Bertz CT molecular complexity index is 712. The van der Waals surface area contributed by atoms with Crippen molar-refractivity contribution in [3.63, 3.8) is 0 Å². The lowest BCUT2D eigenvalue weighted by Gasteiger charge is -2.13. The average Bonchev–Trinajstić information content (AvgIpc) is 2.45. The average molecular weight is 304 g/mol. The van der Waals surface area contributed by atoms with Crippen molar-refractivity contribution in [1.29, 1.82) is 0 Å². The van der Waals surface area contributed by atoms with Gasteiger partial charge in [-0.15, -0.1) is 0 Å². The van der Waals surface area contributed by atoms with Crippen LogP contribution in [0.5, 0.6) is 0 Å². The molecule has 0 aliphatic heterocycles. The predicted octanol–water partition coefficient (Wildman–Crippen LogP) is 2.91. The van der Waals surface area contributed by atoms with Gasteiger partial charge in [-0.2, -0.15) is 0 Å². The number of anilines is 1. The molecule has 5 heteroatoms. The SMILES string of the molecule is CCNCc1ccccc1S(=O)(=O)Nc1cccc(C)c1. The number of rotatable bonds is 6. The highest BCUT2D eigenvalue weighted by atomic mass is 32.2. The van der Waals surface area contributed by atoms with Gasteiger partial charge in [0.25, 0.3) is 10.0 Å². The Labute approximate surface area is 126 Å². The molecule has 0 bridgehead atoms. The zero-order chi connectivity index (χ0) is 15.3. The maximum atomic E-state index is 12.6. The molecule has 2 N–H and O–H groups in total. The lowest BCUT2D eigenvalue weighted by Crippen LogP contribution is -2.18. The van der Waals surface area contributed by atoms with Gasteiger partial charge in [0.05, 0.1) is 4.90 Å². The van der Waals surface area contributed by atoms with Gasteiger partial charge in [0.15, 0.2) is 0 Å². The molecule has 0 saturated carbocycles. The Morgan fingerprint density at radius 3 is 2.52 bits per heavy atom. The molecule has 0 aliphatic rings. The molecular formula is C16H20N2O2S. The van der Waals surface area contributed by atoms with E-state index >= 15 is 0 Å². The summed E-state index contributed by atoms with van der Waals surface area (Å²) < 4.78 is 27.8. The first kappa shape index (κ1) is 15.5. The van der Waals surface area contributed by atoms with Crippen LogP contribution in [0.4, 0.5) is 5.69 Å². The van der Waals surface area contributed by atoms with Crippen molar-refractivity contribution < 1.29 is 8.42 Å². The Hall–Kier alpha value is -1.85.